The number of carbonyl (C=O) groups excluding carboxylic acids is 1. The molecule has 0 aromatic heterocycles. The summed E-state index contributed by atoms with van der Waals surface area (Å²) in [5.41, 5.74) is 0. The highest BCUT2D eigenvalue weighted by Crippen LogP contribution is 2.30. The monoisotopic (exact) mass is 239 g/mol. The lowest BCUT2D eigenvalue weighted by Gasteiger charge is -2.24. The van der Waals surface area contributed by atoms with E-state index >= 15 is 0 Å². The Hall–Kier alpha value is -0.570. The highest BCUT2D eigenvalue weighted by Gasteiger charge is 2.34. The molecule has 1 aliphatic heterocycles. The van der Waals surface area contributed by atoms with Crippen LogP contribution in [0.25, 0.3) is 0 Å². The third-order valence-corrected chi connectivity index (χ3v) is 4.54. The Bertz CT molecular complexity index is 271. The molecule has 2 rings (SSSR count). The molecule has 0 aromatic carbocycles. The molecule has 2 aliphatic rings. The van der Waals surface area contributed by atoms with Gasteiger partial charge < -0.3 is 10.0 Å². The van der Waals surface area contributed by atoms with Crippen LogP contribution in [0.5, 0.6) is 0 Å². The molecule has 0 aromatic rings. The first-order valence-electron chi connectivity index (χ1n) is 7.03. The number of nitrogens with zero attached hydrogens (tertiary/aromatic N) is 1. The van der Waals surface area contributed by atoms with Crippen LogP contribution in [0, 0.1) is 17.8 Å². The lowest BCUT2D eigenvalue weighted by atomic mass is 9.95. The fourth-order valence-electron chi connectivity index (χ4n) is 3.14. The van der Waals surface area contributed by atoms with Gasteiger partial charge in [0.1, 0.15) is 0 Å². The molecule has 1 aliphatic carbocycles. The van der Waals surface area contributed by atoms with Gasteiger partial charge in [0.05, 0.1) is 6.10 Å². The van der Waals surface area contributed by atoms with Crippen molar-refractivity contribution in [1.82, 2.24) is 4.90 Å². The average Bonchev–Trinajstić information content (AvgIpc) is 2.88. The van der Waals surface area contributed by atoms with Crippen LogP contribution in [0.3, 0.4) is 0 Å². The molecule has 1 saturated carbocycles. The maximum absolute atomic E-state index is 11.9. The van der Waals surface area contributed by atoms with Gasteiger partial charge in [0, 0.05) is 19.5 Å². The number of rotatable bonds is 4. The van der Waals surface area contributed by atoms with Gasteiger partial charge in [-0.15, -0.1) is 0 Å². The Morgan fingerprint density at radius 2 is 1.94 bits per heavy atom. The van der Waals surface area contributed by atoms with Crippen molar-refractivity contribution in [3.05, 3.63) is 0 Å². The van der Waals surface area contributed by atoms with Gasteiger partial charge in [0.25, 0.3) is 0 Å². The van der Waals surface area contributed by atoms with Gasteiger partial charge in [0.2, 0.25) is 5.91 Å². The molecule has 2 atom stereocenters. The normalized spacial score (nSPS) is 28.4. The number of likely N-dealkylation sites (tertiary alicyclic amines) is 1. The van der Waals surface area contributed by atoms with Crippen molar-refractivity contribution in [2.24, 2.45) is 17.8 Å². The quantitative estimate of drug-likeness (QED) is 0.815. The van der Waals surface area contributed by atoms with Gasteiger partial charge in [-0.05, 0) is 30.6 Å². The van der Waals surface area contributed by atoms with E-state index in [4.69, 9.17) is 0 Å². The molecule has 0 radical (unpaired) electrons. The number of carbonyl (C=O) groups is 1. The lowest BCUT2D eigenvalue weighted by Crippen LogP contribution is -2.37. The Labute approximate surface area is 104 Å². The van der Waals surface area contributed by atoms with Gasteiger partial charge in [-0.1, -0.05) is 26.7 Å². The Balaban J connectivity index is 1.84. The minimum Gasteiger partial charge on any atom is -0.391 e. The van der Waals surface area contributed by atoms with Crippen molar-refractivity contribution in [2.45, 2.75) is 52.1 Å². The first-order valence-corrected chi connectivity index (χ1v) is 7.03. The summed E-state index contributed by atoms with van der Waals surface area (Å²) in [6, 6.07) is 0. The van der Waals surface area contributed by atoms with E-state index in [-0.39, 0.29) is 12.0 Å². The summed E-state index contributed by atoms with van der Waals surface area (Å²) in [5, 5.41) is 10.2. The van der Waals surface area contributed by atoms with Crippen LogP contribution in [0.2, 0.25) is 0 Å². The van der Waals surface area contributed by atoms with Crippen molar-refractivity contribution in [2.75, 3.05) is 13.1 Å². The lowest BCUT2D eigenvalue weighted by molar-refractivity contribution is -0.129. The fraction of sp³-hybridized carbons (Fsp3) is 0.929. The molecule has 1 saturated heterocycles. The summed E-state index contributed by atoms with van der Waals surface area (Å²) in [5.74, 6) is 1.72. The van der Waals surface area contributed by atoms with Crippen LogP contribution in [0.1, 0.15) is 46.0 Å². The third kappa shape index (κ3) is 3.01. The van der Waals surface area contributed by atoms with E-state index in [9.17, 15) is 9.90 Å². The predicted molar refractivity (Wildman–Crippen MR) is 67.5 cm³/mol. The summed E-state index contributed by atoms with van der Waals surface area (Å²) in [4.78, 5) is 13.7. The van der Waals surface area contributed by atoms with Crippen LogP contribution >= 0.6 is 0 Å². The van der Waals surface area contributed by atoms with Gasteiger partial charge in [-0.25, -0.2) is 0 Å². The first kappa shape index (κ1) is 12.9. The zero-order chi connectivity index (χ0) is 12.4. The summed E-state index contributed by atoms with van der Waals surface area (Å²) in [7, 11) is 0. The summed E-state index contributed by atoms with van der Waals surface area (Å²) in [6.45, 7) is 5.76. The van der Waals surface area contributed by atoms with Crippen LogP contribution in [-0.2, 0) is 4.79 Å². The van der Waals surface area contributed by atoms with E-state index in [1.165, 1.54) is 12.8 Å². The third-order valence-electron chi connectivity index (χ3n) is 4.54. The molecule has 1 heterocycles. The van der Waals surface area contributed by atoms with E-state index in [0.29, 0.717) is 30.7 Å². The number of amides is 1. The minimum absolute atomic E-state index is 0.237. The maximum Gasteiger partial charge on any atom is 0.223 e. The second-order valence-corrected chi connectivity index (χ2v) is 6.12. The largest absolute Gasteiger partial charge is 0.391 e. The van der Waals surface area contributed by atoms with Crippen LogP contribution in [-0.4, -0.2) is 35.1 Å². The molecule has 3 heteroatoms. The predicted octanol–water partition coefficient (Wildman–Crippen LogP) is 2.04. The molecule has 3 nitrogen and oxygen atoms in total. The van der Waals surface area contributed by atoms with Gasteiger partial charge in [0.15, 0.2) is 0 Å². The topological polar surface area (TPSA) is 40.5 Å². The fourth-order valence-corrected chi connectivity index (χ4v) is 3.14. The second-order valence-electron chi connectivity index (χ2n) is 6.12. The van der Waals surface area contributed by atoms with E-state index in [2.05, 4.69) is 13.8 Å². The zero-order valence-electron chi connectivity index (χ0n) is 11.1. The van der Waals surface area contributed by atoms with Crippen molar-refractivity contribution in [1.29, 1.82) is 0 Å². The second kappa shape index (κ2) is 5.38. The van der Waals surface area contributed by atoms with E-state index in [0.717, 1.165) is 19.4 Å². The Kier molecular flexibility index (Phi) is 4.08. The summed E-state index contributed by atoms with van der Waals surface area (Å²) < 4.78 is 0. The van der Waals surface area contributed by atoms with Crippen molar-refractivity contribution in [3.63, 3.8) is 0 Å². The van der Waals surface area contributed by atoms with E-state index < -0.39 is 0 Å². The average molecular weight is 239 g/mol. The van der Waals surface area contributed by atoms with Crippen molar-refractivity contribution in [3.8, 4) is 0 Å². The number of β-amino-alcohol motifs (C(OH)–C–C–N with tert-alkyl or cyclic N) is 1. The number of hydrogen-bond acceptors (Lipinski definition) is 2. The molecule has 17 heavy (non-hydrogen) atoms. The molecule has 1 amide bonds. The SMILES string of the molecule is CC(C)C1CC(=O)N(CC(O)C2CCCC2)C1. The van der Waals surface area contributed by atoms with E-state index in [1.54, 1.807) is 0 Å². The molecule has 2 unspecified atom stereocenters. The standard InChI is InChI=1S/C14H25NO2/c1-10(2)12-7-14(17)15(8-12)9-13(16)11-5-3-4-6-11/h10-13,16H,3-9H2,1-2H3. The minimum atomic E-state index is -0.299. The molecule has 1 N–H and O–H groups in total. The van der Waals surface area contributed by atoms with Crippen molar-refractivity contribution >= 4 is 5.91 Å². The van der Waals surface area contributed by atoms with E-state index in [1.807, 2.05) is 4.90 Å². The number of aliphatic hydroxyl groups excluding tert-OH is 1. The summed E-state index contributed by atoms with van der Waals surface area (Å²) >= 11 is 0. The molecule has 98 valence electrons. The number of aliphatic hydroxyl groups is 1. The van der Waals surface area contributed by atoms with Gasteiger partial charge in [-0.3, -0.25) is 4.79 Å². The molecule has 0 spiro atoms. The Morgan fingerprint density at radius 3 is 2.47 bits per heavy atom. The maximum atomic E-state index is 11.9. The molecular weight excluding hydrogens is 214 g/mol. The highest BCUT2D eigenvalue weighted by molar-refractivity contribution is 5.78. The first-order chi connectivity index (χ1) is 8.08. The Morgan fingerprint density at radius 1 is 1.29 bits per heavy atom. The van der Waals surface area contributed by atoms with Gasteiger partial charge >= 0.3 is 0 Å². The molecule has 0 bridgehead atoms. The van der Waals surface area contributed by atoms with Crippen molar-refractivity contribution < 1.29 is 9.90 Å². The highest BCUT2D eigenvalue weighted by atomic mass is 16.3. The summed E-state index contributed by atoms with van der Waals surface area (Å²) in [6.07, 6.45) is 5.13. The van der Waals surface area contributed by atoms with Crippen LogP contribution in [0.4, 0.5) is 0 Å². The van der Waals surface area contributed by atoms with Crippen LogP contribution < -0.4 is 0 Å². The number of hydrogen-bond donors (Lipinski definition) is 1. The smallest absolute Gasteiger partial charge is 0.223 e. The van der Waals surface area contributed by atoms with Gasteiger partial charge in [-0.2, -0.15) is 0 Å². The van der Waals surface area contributed by atoms with Crippen LogP contribution in [0.15, 0.2) is 0 Å². The molecule has 2 fully saturated rings. The zero-order valence-corrected chi connectivity index (χ0v) is 11.1. The molecular formula is C14H25NO2.